The Hall–Kier alpha value is -1.73. The van der Waals surface area contributed by atoms with Crippen molar-refractivity contribution in [2.45, 2.75) is 25.9 Å². The van der Waals surface area contributed by atoms with Crippen LogP contribution in [0.5, 0.6) is 0 Å². The molecule has 0 spiro atoms. The number of aromatic nitrogens is 1. The van der Waals surface area contributed by atoms with Gasteiger partial charge in [-0.25, -0.2) is 8.78 Å². The summed E-state index contributed by atoms with van der Waals surface area (Å²) in [7, 11) is 1.00. The van der Waals surface area contributed by atoms with Crippen LogP contribution in [0.1, 0.15) is 28.8 Å². The lowest BCUT2D eigenvalue weighted by Crippen LogP contribution is -2.17. The number of esters is 1. The number of methoxy groups -OCH3 is 1. The van der Waals surface area contributed by atoms with Gasteiger partial charge < -0.3 is 4.74 Å². The zero-order valence-electron chi connectivity index (χ0n) is 10.0. The van der Waals surface area contributed by atoms with Gasteiger partial charge in [-0.3, -0.25) is 9.78 Å². The Kier molecular flexibility index (Phi) is 4.43. The Morgan fingerprint density at radius 2 is 2.00 bits per heavy atom. The molecule has 1 heterocycles. The van der Waals surface area contributed by atoms with Crippen molar-refractivity contribution in [2.75, 3.05) is 7.11 Å². The van der Waals surface area contributed by atoms with E-state index in [4.69, 9.17) is 0 Å². The highest BCUT2D eigenvalue weighted by Gasteiger charge is 2.39. The van der Waals surface area contributed by atoms with Crippen LogP contribution in [0, 0.1) is 6.92 Å². The fourth-order valence-corrected chi connectivity index (χ4v) is 1.63. The van der Waals surface area contributed by atoms with Gasteiger partial charge in [-0.1, -0.05) is 0 Å². The van der Waals surface area contributed by atoms with Crippen LogP contribution in [0.3, 0.4) is 0 Å². The van der Waals surface area contributed by atoms with Crippen LogP contribution in [0.15, 0.2) is 6.20 Å². The van der Waals surface area contributed by atoms with Crippen molar-refractivity contribution < 1.29 is 31.5 Å². The second-order valence-electron chi connectivity index (χ2n) is 3.73. The van der Waals surface area contributed by atoms with Crippen molar-refractivity contribution in [3.8, 4) is 0 Å². The fourth-order valence-electron chi connectivity index (χ4n) is 1.63. The molecular formula is C11H10F5NO2. The van der Waals surface area contributed by atoms with Crippen molar-refractivity contribution in [1.29, 1.82) is 0 Å². The summed E-state index contributed by atoms with van der Waals surface area (Å²) in [6, 6.07) is 0. The average molecular weight is 283 g/mol. The lowest BCUT2D eigenvalue weighted by molar-refractivity contribution is -0.142. The Labute approximate surface area is 105 Å². The molecule has 0 amide bonds. The minimum absolute atomic E-state index is 0.420. The third-order valence-electron chi connectivity index (χ3n) is 2.43. The number of rotatable bonds is 3. The van der Waals surface area contributed by atoms with Gasteiger partial charge in [0.1, 0.15) is 0 Å². The second-order valence-corrected chi connectivity index (χ2v) is 3.73. The molecule has 0 unspecified atom stereocenters. The number of carbonyl (C=O) groups excluding carboxylic acids is 1. The fraction of sp³-hybridized carbons (Fsp3) is 0.455. The molecular weight excluding hydrogens is 273 g/mol. The summed E-state index contributed by atoms with van der Waals surface area (Å²) in [5.74, 6) is -0.939. The molecule has 0 aliphatic rings. The van der Waals surface area contributed by atoms with Gasteiger partial charge in [0.25, 0.3) is 6.43 Å². The number of hydrogen-bond acceptors (Lipinski definition) is 3. The van der Waals surface area contributed by atoms with Crippen molar-refractivity contribution in [2.24, 2.45) is 0 Å². The van der Waals surface area contributed by atoms with Crippen molar-refractivity contribution in [1.82, 2.24) is 4.98 Å². The quantitative estimate of drug-likeness (QED) is 0.632. The van der Waals surface area contributed by atoms with E-state index < -0.39 is 47.4 Å². The minimum atomic E-state index is -4.94. The van der Waals surface area contributed by atoms with E-state index in [2.05, 4.69) is 9.72 Å². The van der Waals surface area contributed by atoms with Crippen LogP contribution in [0.2, 0.25) is 0 Å². The molecule has 0 N–H and O–H groups in total. The Morgan fingerprint density at radius 3 is 2.42 bits per heavy atom. The van der Waals surface area contributed by atoms with Gasteiger partial charge in [0, 0.05) is 6.20 Å². The lowest BCUT2D eigenvalue weighted by Gasteiger charge is -2.17. The van der Waals surface area contributed by atoms with E-state index in [0.717, 1.165) is 20.2 Å². The first-order chi connectivity index (χ1) is 8.68. The van der Waals surface area contributed by atoms with Crippen LogP contribution < -0.4 is 0 Å². The van der Waals surface area contributed by atoms with E-state index in [9.17, 15) is 26.7 Å². The Morgan fingerprint density at radius 1 is 1.42 bits per heavy atom. The number of aryl methyl sites for hydroxylation is 1. The van der Waals surface area contributed by atoms with Gasteiger partial charge in [-0.2, -0.15) is 13.2 Å². The number of ether oxygens (including phenoxy) is 1. The maximum atomic E-state index is 12.9. The van der Waals surface area contributed by atoms with E-state index in [0.29, 0.717) is 0 Å². The normalized spacial score (nSPS) is 11.8. The molecule has 1 rings (SSSR count). The summed E-state index contributed by atoms with van der Waals surface area (Å²) >= 11 is 0. The molecule has 19 heavy (non-hydrogen) atoms. The maximum absolute atomic E-state index is 12.9. The van der Waals surface area contributed by atoms with Crippen molar-refractivity contribution in [3.63, 3.8) is 0 Å². The molecule has 0 aromatic carbocycles. The predicted octanol–water partition coefficient (Wildman–Crippen LogP) is 3.06. The largest absolute Gasteiger partial charge is 0.469 e. The van der Waals surface area contributed by atoms with Crippen LogP contribution in [-0.4, -0.2) is 18.1 Å². The summed E-state index contributed by atoms with van der Waals surface area (Å²) in [6.45, 7) is 1.03. The topological polar surface area (TPSA) is 39.2 Å². The molecule has 0 radical (unpaired) electrons. The van der Waals surface area contributed by atoms with Gasteiger partial charge in [-0.15, -0.1) is 0 Å². The number of carbonyl (C=O) groups is 1. The number of halogens is 5. The first kappa shape index (κ1) is 15.3. The number of pyridine rings is 1. The first-order valence-corrected chi connectivity index (χ1v) is 5.09. The smallest absolute Gasteiger partial charge is 0.417 e. The summed E-state index contributed by atoms with van der Waals surface area (Å²) in [5.41, 5.74) is -3.76. The minimum Gasteiger partial charge on any atom is -0.469 e. The molecule has 0 saturated carbocycles. The zero-order chi connectivity index (χ0) is 14.8. The standard InChI is InChI=1S/C11H10F5NO2/c1-5-4-17-6(3-7(18)19-2)8(10(12)13)9(5)11(14,15)16/h4,10H,3H2,1-2H3. The first-order valence-electron chi connectivity index (χ1n) is 5.09. The van der Waals surface area contributed by atoms with Crippen LogP contribution in [0.25, 0.3) is 0 Å². The summed E-state index contributed by atoms with van der Waals surface area (Å²) in [6.07, 6.45) is -8.25. The van der Waals surface area contributed by atoms with Gasteiger partial charge in [0.15, 0.2) is 0 Å². The summed E-state index contributed by atoms with van der Waals surface area (Å²) in [5, 5.41) is 0. The highest BCUT2D eigenvalue weighted by atomic mass is 19.4. The molecule has 106 valence electrons. The van der Waals surface area contributed by atoms with Crippen LogP contribution in [-0.2, 0) is 22.1 Å². The van der Waals surface area contributed by atoms with Gasteiger partial charge in [0.05, 0.1) is 30.4 Å². The van der Waals surface area contributed by atoms with E-state index in [1.165, 1.54) is 0 Å². The third kappa shape index (κ3) is 3.39. The number of hydrogen-bond donors (Lipinski definition) is 0. The van der Waals surface area contributed by atoms with Gasteiger partial charge in [0.2, 0.25) is 0 Å². The van der Waals surface area contributed by atoms with Gasteiger partial charge >= 0.3 is 12.1 Å². The Balaban J connectivity index is 3.46. The zero-order valence-corrected chi connectivity index (χ0v) is 10.0. The maximum Gasteiger partial charge on any atom is 0.417 e. The monoisotopic (exact) mass is 283 g/mol. The number of alkyl halides is 5. The lowest BCUT2D eigenvalue weighted by atomic mass is 10.00. The third-order valence-corrected chi connectivity index (χ3v) is 2.43. The molecule has 8 heteroatoms. The van der Waals surface area contributed by atoms with Crippen molar-refractivity contribution in [3.05, 3.63) is 28.6 Å². The molecule has 0 aliphatic carbocycles. The number of nitrogens with zero attached hydrogens (tertiary/aromatic N) is 1. The summed E-state index contributed by atoms with van der Waals surface area (Å²) in [4.78, 5) is 14.5. The highest BCUT2D eigenvalue weighted by Crippen LogP contribution is 2.39. The molecule has 0 atom stereocenters. The molecule has 0 fully saturated rings. The molecule has 1 aromatic rings. The van der Waals surface area contributed by atoms with Crippen LogP contribution in [0.4, 0.5) is 22.0 Å². The van der Waals surface area contributed by atoms with E-state index in [1.807, 2.05) is 0 Å². The molecule has 1 aromatic heterocycles. The van der Waals surface area contributed by atoms with E-state index in [1.54, 1.807) is 0 Å². The molecule has 0 aliphatic heterocycles. The molecule has 0 bridgehead atoms. The van der Waals surface area contributed by atoms with Crippen LogP contribution >= 0.6 is 0 Å². The van der Waals surface area contributed by atoms with E-state index in [-0.39, 0.29) is 0 Å². The Bertz CT molecular complexity index is 485. The van der Waals surface area contributed by atoms with Crippen molar-refractivity contribution >= 4 is 5.97 Å². The average Bonchev–Trinajstić information content (AvgIpc) is 2.28. The van der Waals surface area contributed by atoms with E-state index >= 15 is 0 Å². The van der Waals surface area contributed by atoms with Gasteiger partial charge in [-0.05, 0) is 12.5 Å². The summed E-state index contributed by atoms with van der Waals surface area (Å²) < 4.78 is 68.3. The second kappa shape index (κ2) is 5.50. The predicted molar refractivity (Wildman–Crippen MR) is 54.7 cm³/mol. The molecule has 3 nitrogen and oxygen atoms in total. The highest BCUT2D eigenvalue weighted by molar-refractivity contribution is 5.72. The molecule has 0 saturated heterocycles. The SMILES string of the molecule is COC(=O)Cc1ncc(C)c(C(F)(F)F)c1C(F)F.